The molecule has 1 N–H and O–H groups in total. The van der Waals surface area contributed by atoms with Gasteiger partial charge >= 0.3 is 5.69 Å². The summed E-state index contributed by atoms with van der Waals surface area (Å²) < 4.78 is 8.83. The van der Waals surface area contributed by atoms with Gasteiger partial charge in [-0.25, -0.2) is 9.48 Å². The molecule has 0 radical (unpaired) electrons. The molecule has 4 rings (SSSR count). The van der Waals surface area contributed by atoms with Crippen LogP contribution in [0.2, 0.25) is 0 Å². The third-order valence-electron chi connectivity index (χ3n) is 5.53. The molecule has 2 aromatic heterocycles. The molecule has 3 aromatic rings. The molecule has 3 heterocycles. The van der Waals surface area contributed by atoms with E-state index in [0.29, 0.717) is 44.0 Å². The van der Waals surface area contributed by atoms with Crippen molar-refractivity contribution in [2.45, 2.75) is 45.7 Å². The van der Waals surface area contributed by atoms with Crippen molar-refractivity contribution in [1.82, 2.24) is 19.3 Å². The Morgan fingerprint density at radius 2 is 2.10 bits per heavy atom. The van der Waals surface area contributed by atoms with E-state index in [1.165, 1.54) is 4.68 Å². The molecule has 31 heavy (non-hydrogen) atoms. The molecule has 162 valence electrons. The molecule has 8 heteroatoms. The highest BCUT2D eigenvalue weighted by Gasteiger charge is 2.23. The minimum atomic E-state index is -0.102. The maximum Gasteiger partial charge on any atom is 0.346 e. The van der Waals surface area contributed by atoms with Gasteiger partial charge in [0.05, 0.1) is 18.8 Å². The Morgan fingerprint density at radius 1 is 1.23 bits per heavy atom. The van der Waals surface area contributed by atoms with E-state index in [1.54, 1.807) is 17.0 Å². The molecule has 1 amide bonds. The summed E-state index contributed by atoms with van der Waals surface area (Å²) in [5, 5.41) is 7.51. The first-order valence-electron chi connectivity index (χ1n) is 10.7. The molecule has 0 aliphatic carbocycles. The van der Waals surface area contributed by atoms with Crippen LogP contribution in [-0.4, -0.2) is 31.8 Å². The topological polar surface area (TPSA) is 91.0 Å². The van der Waals surface area contributed by atoms with Crippen LogP contribution in [0.15, 0.2) is 53.6 Å². The number of carbonyl (C=O) groups excluding carboxylic acids is 1. The van der Waals surface area contributed by atoms with Gasteiger partial charge in [-0.15, -0.1) is 0 Å². The van der Waals surface area contributed by atoms with Crippen LogP contribution >= 0.6 is 0 Å². The van der Waals surface area contributed by atoms with Crippen molar-refractivity contribution >= 4 is 11.6 Å². The molecule has 0 bridgehead atoms. The Morgan fingerprint density at radius 3 is 2.90 bits per heavy atom. The second kappa shape index (κ2) is 9.59. The van der Waals surface area contributed by atoms with Crippen LogP contribution in [0.5, 0.6) is 5.75 Å². The van der Waals surface area contributed by atoms with E-state index in [-0.39, 0.29) is 17.5 Å². The van der Waals surface area contributed by atoms with Gasteiger partial charge in [-0.1, -0.05) is 18.2 Å². The van der Waals surface area contributed by atoms with Gasteiger partial charge in [-0.3, -0.25) is 14.3 Å². The fourth-order valence-corrected chi connectivity index (χ4v) is 3.97. The molecule has 0 fully saturated rings. The maximum atomic E-state index is 12.8. The Bertz CT molecular complexity index is 1090. The number of hydrogen-bond donors (Lipinski definition) is 1. The normalized spacial score (nSPS) is 15.7. The predicted octanol–water partition coefficient (Wildman–Crippen LogP) is 2.87. The molecule has 0 spiro atoms. The van der Waals surface area contributed by atoms with Crippen molar-refractivity contribution < 1.29 is 9.53 Å². The van der Waals surface area contributed by atoms with Gasteiger partial charge < -0.3 is 10.1 Å². The summed E-state index contributed by atoms with van der Waals surface area (Å²) in [6.07, 6.45) is 6.14. The van der Waals surface area contributed by atoms with Crippen LogP contribution in [0.3, 0.4) is 0 Å². The Hall–Kier alpha value is -3.42. The number of nitrogens with one attached hydrogen (secondary N) is 1. The molecular formula is C23H27N5O3. The lowest BCUT2D eigenvalue weighted by Gasteiger charge is -2.15. The highest BCUT2D eigenvalue weighted by Crippen LogP contribution is 2.26. The molecule has 1 unspecified atom stereocenters. The van der Waals surface area contributed by atoms with Crippen molar-refractivity contribution in [3.8, 4) is 5.75 Å². The SMILES string of the molecule is CCOc1ccccc1NC(=O)CC1CCc2nn(Cc3cccnc3)c(=O)n2CC1. The zero-order chi connectivity index (χ0) is 21.6. The van der Waals surface area contributed by atoms with Crippen LogP contribution in [0.25, 0.3) is 0 Å². The minimum Gasteiger partial charge on any atom is -0.492 e. The van der Waals surface area contributed by atoms with Gasteiger partial charge in [0, 0.05) is 31.8 Å². The van der Waals surface area contributed by atoms with E-state index in [4.69, 9.17) is 4.74 Å². The number of pyridine rings is 1. The first-order valence-corrected chi connectivity index (χ1v) is 10.7. The van der Waals surface area contributed by atoms with Gasteiger partial charge in [0.15, 0.2) is 0 Å². The van der Waals surface area contributed by atoms with E-state index in [1.807, 2.05) is 43.3 Å². The number of aryl methyl sites for hydroxylation is 1. The van der Waals surface area contributed by atoms with E-state index in [2.05, 4.69) is 15.4 Å². The third kappa shape index (κ3) is 5.02. The average molecular weight is 422 g/mol. The lowest BCUT2D eigenvalue weighted by atomic mass is 9.96. The fraction of sp³-hybridized carbons (Fsp3) is 0.391. The van der Waals surface area contributed by atoms with Gasteiger partial charge in [0.1, 0.15) is 11.6 Å². The molecular weight excluding hydrogens is 394 g/mol. The maximum absolute atomic E-state index is 12.8. The summed E-state index contributed by atoms with van der Waals surface area (Å²) in [6, 6.07) is 11.2. The number of para-hydroxylation sites is 2. The Labute approximate surface area is 180 Å². The molecule has 1 aliphatic heterocycles. The number of hydrogen-bond acceptors (Lipinski definition) is 5. The smallest absolute Gasteiger partial charge is 0.346 e. The Balaban J connectivity index is 1.37. The Kier molecular flexibility index (Phi) is 6.45. The van der Waals surface area contributed by atoms with Crippen LogP contribution in [-0.2, 0) is 24.3 Å². The highest BCUT2D eigenvalue weighted by atomic mass is 16.5. The van der Waals surface area contributed by atoms with Gasteiger partial charge in [-0.2, -0.15) is 5.10 Å². The van der Waals surface area contributed by atoms with Crippen molar-refractivity contribution in [2.75, 3.05) is 11.9 Å². The summed E-state index contributed by atoms with van der Waals surface area (Å²) in [7, 11) is 0. The highest BCUT2D eigenvalue weighted by molar-refractivity contribution is 5.92. The molecule has 1 atom stereocenters. The largest absolute Gasteiger partial charge is 0.492 e. The van der Waals surface area contributed by atoms with E-state index in [0.717, 1.165) is 24.2 Å². The van der Waals surface area contributed by atoms with Crippen LogP contribution < -0.4 is 15.7 Å². The fourth-order valence-electron chi connectivity index (χ4n) is 3.97. The van der Waals surface area contributed by atoms with E-state index < -0.39 is 0 Å². The second-order valence-corrected chi connectivity index (χ2v) is 7.74. The summed E-state index contributed by atoms with van der Waals surface area (Å²) >= 11 is 0. The lowest BCUT2D eigenvalue weighted by molar-refractivity contribution is -0.117. The van der Waals surface area contributed by atoms with E-state index in [9.17, 15) is 9.59 Å². The number of carbonyl (C=O) groups is 1. The number of fused-ring (bicyclic) bond motifs is 1. The van der Waals surface area contributed by atoms with Crippen LogP contribution in [0, 0.1) is 5.92 Å². The van der Waals surface area contributed by atoms with Crippen molar-refractivity contribution in [3.63, 3.8) is 0 Å². The predicted molar refractivity (Wildman–Crippen MR) is 117 cm³/mol. The van der Waals surface area contributed by atoms with Crippen molar-refractivity contribution in [3.05, 3.63) is 70.7 Å². The number of ether oxygens (including phenoxy) is 1. The number of nitrogens with zero attached hydrogens (tertiary/aromatic N) is 4. The second-order valence-electron chi connectivity index (χ2n) is 7.74. The molecule has 8 nitrogen and oxygen atoms in total. The lowest BCUT2D eigenvalue weighted by Crippen LogP contribution is -2.26. The molecule has 0 saturated heterocycles. The van der Waals surface area contributed by atoms with E-state index >= 15 is 0 Å². The number of benzene rings is 1. The standard InChI is InChI=1S/C23H27N5O3/c1-2-31-20-8-4-3-7-19(20)25-22(29)14-17-9-10-21-26-28(23(30)27(21)13-11-17)16-18-6-5-12-24-15-18/h3-8,12,15,17H,2,9-11,13-14,16H2,1H3,(H,25,29). The summed E-state index contributed by atoms with van der Waals surface area (Å²) in [4.78, 5) is 29.5. The zero-order valence-corrected chi connectivity index (χ0v) is 17.7. The first kappa shape index (κ1) is 20.8. The van der Waals surface area contributed by atoms with Crippen molar-refractivity contribution in [2.24, 2.45) is 5.92 Å². The summed E-state index contributed by atoms with van der Waals surface area (Å²) in [5.41, 5.74) is 1.53. The molecule has 1 aliphatic rings. The number of aromatic nitrogens is 4. The molecule has 1 aromatic carbocycles. The quantitative estimate of drug-likeness (QED) is 0.633. The number of rotatable bonds is 7. The van der Waals surface area contributed by atoms with Gasteiger partial charge in [0.25, 0.3) is 0 Å². The zero-order valence-electron chi connectivity index (χ0n) is 17.7. The summed E-state index contributed by atoms with van der Waals surface area (Å²) in [5.74, 6) is 1.63. The van der Waals surface area contributed by atoms with Crippen LogP contribution in [0.1, 0.15) is 37.6 Å². The number of anilines is 1. The molecule has 0 saturated carbocycles. The number of amides is 1. The average Bonchev–Trinajstić information content (AvgIpc) is 2.93. The monoisotopic (exact) mass is 421 g/mol. The third-order valence-corrected chi connectivity index (χ3v) is 5.53. The van der Waals surface area contributed by atoms with Crippen LogP contribution in [0.4, 0.5) is 5.69 Å². The van der Waals surface area contributed by atoms with Crippen molar-refractivity contribution in [1.29, 1.82) is 0 Å². The minimum absolute atomic E-state index is 0.0364. The van der Waals surface area contributed by atoms with Gasteiger partial charge in [-0.05, 0) is 49.4 Å². The van der Waals surface area contributed by atoms with Gasteiger partial charge in [0.2, 0.25) is 5.91 Å². The summed E-state index contributed by atoms with van der Waals surface area (Å²) in [6.45, 7) is 3.45. The first-order chi connectivity index (χ1) is 15.1.